The van der Waals surface area contributed by atoms with Gasteiger partial charge in [0.05, 0.1) is 23.8 Å². The lowest BCUT2D eigenvalue weighted by atomic mass is 10.2. The molecule has 0 aliphatic heterocycles. The lowest BCUT2D eigenvalue weighted by Crippen LogP contribution is -2.41. The number of hydrazine groups is 1. The molecule has 2 aromatic rings. The van der Waals surface area contributed by atoms with Crippen LogP contribution < -0.4 is 20.3 Å². The van der Waals surface area contributed by atoms with Crippen molar-refractivity contribution < 1.29 is 19.1 Å². The Morgan fingerprint density at radius 1 is 0.963 bits per heavy atom. The Hall–Kier alpha value is -2.73. The molecule has 2 amide bonds. The third kappa shape index (κ3) is 5.89. The maximum absolute atomic E-state index is 12.3. The van der Waals surface area contributed by atoms with E-state index in [1.54, 1.807) is 42.5 Å². The van der Waals surface area contributed by atoms with Gasteiger partial charge >= 0.3 is 0 Å². The van der Waals surface area contributed by atoms with Crippen molar-refractivity contribution in [1.29, 1.82) is 0 Å². The molecule has 0 aliphatic rings. The van der Waals surface area contributed by atoms with Crippen LogP contribution in [0.5, 0.6) is 11.5 Å². The molecular formula is C20H23ClN2O4. The quantitative estimate of drug-likeness (QED) is 0.527. The van der Waals surface area contributed by atoms with E-state index in [1.807, 2.05) is 6.92 Å². The maximum Gasteiger partial charge on any atom is 0.271 e. The second-order valence-corrected chi connectivity index (χ2v) is 6.09. The standard InChI is InChI=1S/C20H23ClN2O4/c1-3-5-12-27-17-11-10-14(13-18(17)26-4-2)19(24)22-23-20(25)15-8-6-7-9-16(15)21/h6-11,13H,3-5,12H2,1-2H3,(H,22,24)(H,23,25). The number of carbonyl (C=O) groups is 2. The first-order chi connectivity index (χ1) is 13.1. The Kier molecular flexibility index (Phi) is 7.95. The van der Waals surface area contributed by atoms with E-state index in [9.17, 15) is 9.59 Å². The lowest BCUT2D eigenvalue weighted by Gasteiger charge is -2.13. The molecular weight excluding hydrogens is 368 g/mol. The number of nitrogens with one attached hydrogen (secondary N) is 2. The van der Waals surface area contributed by atoms with Crippen LogP contribution in [0.2, 0.25) is 5.02 Å². The third-order valence-electron chi connectivity index (χ3n) is 3.67. The van der Waals surface area contributed by atoms with Crippen LogP contribution >= 0.6 is 11.6 Å². The van der Waals surface area contributed by atoms with Gasteiger partial charge < -0.3 is 9.47 Å². The minimum atomic E-state index is -0.501. The van der Waals surface area contributed by atoms with Gasteiger partial charge in [0.2, 0.25) is 0 Å². The summed E-state index contributed by atoms with van der Waals surface area (Å²) in [6.07, 6.45) is 1.96. The van der Waals surface area contributed by atoms with E-state index >= 15 is 0 Å². The van der Waals surface area contributed by atoms with E-state index in [4.69, 9.17) is 21.1 Å². The van der Waals surface area contributed by atoms with Gasteiger partial charge in [-0.1, -0.05) is 37.1 Å². The molecule has 0 saturated heterocycles. The maximum atomic E-state index is 12.3. The lowest BCUT2D eigenvalue weighted by molar-refractivity contribution is 0.0846. The summed E-state index contributed by atoms with van der Waals surface area (Å²) in [5.74, 6) is 0.0931. The molecule has 2 rings (SSSR count). The average molecular weight is 391 g/mol. The molecule has 0 aliphatic carbocycles. The first kappa shape index (κ1) is 20.6. The summed E-state index contributed by atoms with van der Waals surface area (Å²) in [6.45, 7) is 4.96. The molecule has 0 unspecified atom stereocenters. The molecule has 27 heavy (non-hydrogen) atoms. The zero-order valence-corrected chi connectivity index (χ0v) is 16.1. The number of carbonyl (C=O) groups excluding carboxylic acids is 2. The molecule has 0 atom stereocenters. The number of benzene rings is 2. The van der Waals surface area contributed by atoms with Crippen molar-refractivity contribution in [2.45, 2.75) is 26.7 Å². The summed E-state index contributed by atoms with van der Waals surface area (Å²) >= 11 is 5.97. The Balaban J connectivity index is 2.03. The van der Waals surface area contributed by atoms with E-state index in [0.29, 0.717) is 35.3 Å². The van der Waals surface area contributed by atoms with E-state index in [1.165, 1.54) is 0 Å². The van der Waals surface area contributed by atoms with Crippen LogP contribution in [0.3, 0.4) is 0 Å². The number of hydrogen-bond donors (Lipinski definition) is 2. The van der Waals surface area contributed by atoms with Crippen molar-refractivity contribution in [3.05, 3.63) is 58.6 Å². The largest absolute Gasteiger partial charge is 0.490 e. The molecule has 0 fully saturated rings. The van der Waals surface area contributed by atoms with E-state index in [0.717, 1.165) is 12.8 Å². The van der Waals surface area contributed by atoms with Crippen molar-refractivity contribution in [2.75, 3.05) is 13.2 Å². The van der Waals surface area contributed by atoms with Crippen LogP contribution in [0.15, 0.2) is 42.5 Å². The van der Waals surface area contributed by atoms with Gasteiger partial charge in [-0.3, -0.25) is 20.4 Å². The molecule has 2 aromatic carbocycles. The van der Waals surface area contributed by atoms with Crippen LogP contribution in [0.25, 0.3) is 0 Å². The molecule has 144 valence electrons. The molecule has 7 heteroatoms. The summed E-state index contributed by atoms with van der Waals surface area (Å²) in [7, 11) is 0. The number of halogens is 1. The topological polar surface area (TPSA) is 76.7 Å². The Bertz CT molecular complexity index is 795. The zero-order valence-electron chi connectivity index (χ0n) is 15.4. The number of rotatable bonds is 8. The third-order valence-corrected chi connectivity index (χ3v) is 4.00. The van der Waals surface area contributed by atoms with Gasteiger partial charge in [0.1, 0.15) is 0 Å². The highest BCUT2D eigenvalue weighted by molar-refractivity contribution is 6.33. The van der Waals surface area contributed by atoms with Crippen molar-refractivity contribution in [3.8, 4) is 11.5 Å². The molecule has 0 radical (unpaired) electrons. The second-order valence-electron chi connectivity index (χ2n) is 5.68. The van der Waals surface area contributed by atoms with Gasteiger partial charge in [-0.25, -0.2) is 0 Å². The highest BCUT2D eigenvalue weighted by atomic mass is 35.5. The molecule has 0 heterocycles. The van der Waals surface area contributed by atoms with Gasteiger partial charge in [0, 0.05) is 5.56 Å². The van der Waals surface area contributed by atoms with Gasteiger partial charge in [-0.05, 0) is 43.7 Å². The summed E-state index contributed by atoms with van der Waals surface area (Å²) in [6, 6.07) is 11.5. The molecule has 0 aromatic heterocycles. The van der Waals surface area contributed by atoms with Gasteiger partial charge in [-0.15, -0.1) is 0 Å². The summed E-state index contributed by atoms with van der Waals surface area (Å²) in [4.78, 5) is 24.5. The van der Waals surface area contributed by atoms with Crippen LogP contribution in [-0.4, -0.2) is 25.0 Å². The molecule has 0 spiro atoms. The van der Waals surface area contributed by atoms with E-state index < -0.39 is 11.8 Å². The molecule has 6 nitrogen and oxygen atoms in total. The second kappa shape index (κ2) is 10.4. The number of unbranched alkanes of at least 4 members (excludes halogenated alkanes) is 1. The smallest absolute Gasteiger partial charge is 0.271 e. The Morgan fingerprint density at radius 3 is 2.41 bits per heavy atom. The normalized spacial score (nSPS) is 10.2. The van der Waals surface area contributed by atoms with Crippen molar-refractivity contribution in [2.24, 2.45) is 0 Å². The van der Waals surface area contributed by atoms with E-state index in [-0.39, 0.29) is 5.56 Å². The average Bonchev–Trinajstić information content (AvgIpc) is 2.67. The van der Waals surface area contributed by atoms with Crippen molar-refractivity contribution in [1.82, 2.24) is 10.9 Å². The fourth-order valence-corrected chi connectivity index (χ4v) is 2.48. The summed E-state index contributed by atoms with van der Waals surface area (Å²) in [5.41, 5.74) is 5.33. The number of hydrogen-bond acceptors (Lipinski definition) is 4. The van der Waals surface area contributed by atoms with Crippen LogP contribution in [-0.2, 0) is 0 Å². The predicted octanol–water partition coefficient (Wildman–Crippen LogP) is 3.99. The SMILES string of the molecule is CCCCOc1ccc(C(=O)NNC(=O)c2ccccc2Cl)cc1OCC. The Labute approximate surface area is 163 Å². The number of amides is 2. The fraction of sp³-hybridized carbons (Fsp3) is 0.300. The predicted molar refractivity (Wildman–Crippen MR) is 104 cm³/mol. The van der Waals surface area contributed by atoms with Crippen LogP contribution in [0.1, 0.15) is 47.4 Å². The highest BCUT2D eigenvalue weighted by Crippen LogP contribution is 2.28. The summed E-state index contributed by atoms with van der Waals surface area (Å²) in [5, 5.41) is 0.302. The van der Waals surface area contributed by atoms with Gasteiger partial charge in [-0.2, -0.15) is 0 Å². The van der Waals surface area contributed by atoms with Crippen molar-refractivity contribution in [3.63, 3.8) is 0 Å². The van der Waals surface area contributed by atoms with Crippen molar-refractivity contribution >= 4 is 23.4 Å². The minimum Gasteiger partial charge on any atom is -0.490 e. The minimum absolute atomic E-state index is 0.272. The number of ether oxygens (including phenoxy) is 2. The highest BCUT2D eigenvalue weighted by Gasteiger charge is 2.14. The zero-order chi connectivity index (χ0) is 19.6. The van der Waals surface area contributed by atoms with E-state index in [2.05, 4.69) is 17.8 Å². The van der Waals surface area contributed by atoms with Crippen LogP contribution in [0.4, 0.5) is 0 Å². The monoisotopic (exact) mass is 390 g/mol. The molecule has 0 saturated carbocycles. The van der Waals surface area contributed by atoms with Crippen LogP contribution in [0, 0.1) is 0 Å². The first-order valence-corrected chi connectivity index (χ1v) is 9.19. The molecule has 0 bridgehead atoms. The fourth-order valence-electron chi connectivity index (χ4n) is 2.26. The molecule has 2 N–H and O–H groups in total. The summed E-state index contributed by atoms with van der Waals surface area (Å²) < 4.78 is 11.3. The first-order valence-electron chi connectivity index (χ1n) is 8.81. The van der Waals surface area contributed by atoms with Gasteiger partial charge in [0.15, 0.2) is 11.5 Å². The van der Waals surface area contributed by atoms with Gasteiger partial charge in [0.25, 0.3) is 11.8 Å². The Morgan fingerprint density at radius 2 is 1.70 bits per heavy atom.